The number of nitrogens with one attached hydrogen (secondary N) is 1. The van der Waals surface area contributed by atoms with Crippen molar-refractivity contribution in [3.05, 3.63) is 60.0 Å². The largest absolute Gasteiger partial charge is 0.497 e. The van der Waals surface area contributed by atoms with E-state index in [9.17, 15) is 0 Å². The fourth-order valence-electron chi connectivity index (χ4n) is 2.96. The summed E-state index contributed by atoms with van der Waals surface area (Å²) in [6.45, 7) is 4.18. The Morgan fingerprint density at radius 1 is 1.00 bits per heavy atom. The van der Waals surface area contributed by atoms with Crippen LogP contribution in [0.2, 0.25) is 0 Å². The quantitative estimate of drug-likeness (QED) is 0.613. The Kier molecular flexibility index (Phi) is 3.34. The Bertz CT molecular complexity index is 1030. The van der Waals surface area contributed by atoms with Crippen LogP contribution in [0.3, 0.4) is 0 Å². The van der Waals surface area contributed by atoms with E-state index in [0.29, 0.717) is 0 Å². The van der Waals surface area contributed by atoms with Crippen molar-refractivity contribution in [1.82, 2.24) is 14.4 Å². The minimum atomic E-state index is 0.796. The Morgan fingerprint density at radius 3 is 2.54 bits per heavy atom. The molecule has 120 valence electrons. The van der Waals surface area contributed by atoms with Crippen molar-refractivity contribution in [2.75, 3.05) is 12.4 Å². The molecule has 0 spiro atoms. The maximum atomic E-state index is 5.33. The molecule has 0 unspecified atom stereocenters. The van der Waals surface area contributed by atoms with Gasteiger partial charge in [-0.2, -0.15) is 0 Å². The van der Waals surface area contributed by atoms with Crippen molar-refractivity contribution in [1.29, 1.82) is 0 Å². The summed E-state index contributed by atoms with van der Waals surface area (Å²) >= 11 is 0. The average Bonchev–Trinajstić information content (AvgIpc) is 3.01. The van der Waals surface area contributed by atoms with Gasteiger partial charge in [-0.15, -0.1) is 0 Å². The molecule has 0 aliphatic rings. The number of hydrogen-bond acceptors (Lipinski definition) is 4. The summed E-state index contributed by atoms with van der Waals surface area (Å²) in [5, 5.41) is 3.45. The van der Waals surface area contributed by atoms with Crippen LogP contribution in [-0.4, -0.2) is 21.5 Å². The Labute approximate surface area is 139 Å². The molecule has 0 aliphatic heterocycles. The van der Waals surface area contributed by atoms with Gasteiger partial charge in [0, 0.05) is 11.8 Å². The maximum Gasteiger partial charge on any atom is 0.158 e. The van der Waals surface area contributed by atoms with Crippen LogP contribution in [0.25, 0.3) is 16.6 Å². The highest BCUT2D eigenvalue weighted by molar-refractivity contribution is 5.84. The number of ether oxygens (including phenoxy) is 1. The lowest BCUT2D eigenvalue weighted by atomic mass is 10.1. The van der Waals surface area contributed by atoms with E-state index < -0.39 is 0 Å². The molecule has 5 nitrogen and oxygen atoms in total. The molecule has 0 bridgehead atoms. The van der Waals surface area contributed by atoms with Gasteiger partial charge in [0.15, 0.2) is 5.82 Å². The first kappa shape index (κ1) is 14.5. The third kappa shape index (κ3) is 2.25. The molecule has 0 fully saturated rings. The average molecular weight is 318 g/mol. The normalized spacial score (nSPS) is 11.1. The molecule has 0 radical (unpaired) electrons. The molecule has 4 rings (SSSR count). The number of benzene rings is 2. The summed E-state index contributed by atoms with van der Waals surface area (Å²) in [5.41, 5.74) is 6.26. The van der Waals surface area contributed by atoms with E-state index in [-0.39, 0.29) is 0 Å². The highest BCUT2D eigenvalue weighted by Gasteiger charge is 2.11. The maximum absolute atomic E-state index is 5.33. The number of aryl methyl sites for hydroxylation is 2. The summed E-state index contributed by atoms with van der Waals surface area (Å²) in [4.78, 5) is 9.10. The first-order chi connectivity index (χ1) is 11.7. The fraction of sp³-hybridized carbons (Fsp3) is 0.158. The molecular weight excluding hydrogens is 300 g/mol. The van der Waals surface area contributed by atoms with Gasteiger partial charge in [-0.1, -0.05) is 18.2 Å². The highest BCUT2D eigenvalue weighted by atomic mass is 16.5. The zero-order chi connectivity index (χ0) is 16.7. The van der Waals surface area contributed by atoms with Crippen molar-refractivity contribution in [3.63, 3.8) is 0 Å². The van der Waals surface area contributed by atoms with Gasteiger partial charge in [0.1, 0.15) is 17.6 Å². The molecule has 0 amide bonds. The monoisotopic (exact) mass is 318 g/mol. The number of rotatable bonds is 3. The van der Waals surface area contributed by atoms with Crippen molar-refractivity contribution < 1.29 is 4.74 Å². The standard InChI is InChI=1S/C19H18N4O/c1-12-5-4-6-13(2)18(12)22-19-17-10-20-15-8-7-14(24-3)9-16(15)23(17)11-21-19/h4-11,22H,1-3H3. The van der Waals surface area contributed by atoms with Crippen LogP contribution in [0, 0.1) is 13.8 Å². The van der Waals surface area contributed by atoms with E-state index in [4.69, 9.17) is 4.74 Å². The number of aromatic nitrogens is 3. The lowest BCUT2D eigenvalue weighted by molar-refractivity contribution is 0.415. The first-order valence-corrected chi connectivity index (χ1v) is 7.80. The molecule has 0 saturated heterocycles. The van der Waals surface area contributed by atoms with Crippen LogP contribution in [0.15, 0.2) is 48.9 Å². The molecule has 1 N–H and O–H groups in total. The summed E-state index contributed by atoms with van der Waals surface area (Å²) in [6, 6.07) is 12.1. The summed E-state index contributed by atoms with van der Waals surface area (Å²) in [7, 11) is 1.66. The van der Waals surface area contributed by atoms with Crippen LogP contribution in [0.1, 0.15) is 11.1 Å². The third-order valence-electron chi connectivity index (χ3n) is 4.30. The van der Waals surface area contributed by atoms with Crippen LogP contribution in [0.5, 0.6) is 5.75 Å². The van der Waals surface area contributed by atoms with Gasteiger partial charge in [0.2, 0.25) is 0 Å². The van der Waals surface area contributed by atoms with Crippen molar-refractivity contribution in [2.24, 2.45) is 0 Å². The van der Waals surface area contributed by atoms with Crippen LogP contribution >= 0.6 is 0 Å². The zero-order valence-electron chi connectivity index (χ0n) is 13.9. The van der Waals surface area contributed by atoms with E-state index >= 15 is 0 Å². The predicted octanol–water partition coefficient (Wildman–Crippen LogP) is 4.25. The van der Waals surface area contributed by atoms with E-state index in [1.54, 1.807) is 7.11 Å². The molecule has 0 saturated carbocycles. The molecule has 4 aromatic rings. The van der Waals surface area contributed by atoms with Gasteiger partial charge in [0.25, 0.3) is 0 Å². The molecule has 2 aromatic carbocycles. The lowest BCUT2D eigenvalue weighted by Crippen LogP contribution is -1.97. The van der Waals surface area contributed by atoms with Crippen LogP contribution in [-0.2, 0) is 0 Å². The van der Waals surface area contributed by atoms with Crippen LogP contribution in [0.4, 0.5) is 11.5 Å². The number of anilines is 2. The SMILES string of the molecule is COc1ccc2ncc3c(Nc4c(C)cccc4C)ncn3c2c1. The molecular formula is C19H18N4O. The molecule has 2 aromatic heterocycles. The number of para-hydroxylation sites is 1. The molecule has 2 heterocycles. The summed E-state index contributed by atoms with van der Waals surface area (Å²) in [6.07, 6.45) is 3.66. The Morgan fingerprint density at radius 2 is 1.79 bits per heavy atom. The smallest absolute Gasteiger partial charge is 0.158 e. The van der Waals surface area contributed by atoms with Crippen molar-refractivity contribution in [2.45, 2.75) is 13.8 Å². The summed E-state index contributed by atoms with van der Waals surface area (Å²) < 4.78 is 7.36. The van der Waals surface area contributed by atoms with E-state index in [2.05, 4.69) is 47.3 Å². The van der Waals surface area contributed by atoms with Crippen molar-refractivity contribution >= 4 is 28.1 Å². The van der Waals surface area contributed by atoms with E-state index in [1.807, 2.05) is 35.1 Å². The number of methoxy groups -OCH3 is 1. The first-order valence-electron chi connectivity index (χ1n) is 7.80. The summed E-state index contributed by atoms with van der Waals surface area (Å²) in [5.74, 6) is 1.60. The second-order valence-corrected chi connectivity index (χ2v) is 5.85. The number of nitrogens with zero attached hydrogens (tertiary/aromatic N) is 3. The molecule has 0 atom stereocenters. The number of fused-ring (bicyclic) bond motifs is 3. The van der Waals surface area contributed by atoms with Gasteiger partial charge in [-0.3, -0.25) is 9.38 Å². The minimum Gasteiger partial charge on any atom is -0.497 e. The predicted molar refractivity (Wildman–Crippen MR) is 96.2 cm³/mol. The molecule has 24 heavy (non-hydrogen) atoms. The van der Waals surface area contributed by atoms with E-state index in [1.165, 1.54) is 11.1 Å². The highest BCUT2D eigenvalue weighted by Crippen LogP contribution is 2.28. The van der Waals surface area contributed by atoms with Gasteiger partial charge in [-0.05, 0) is 37.1 Å². The minimum absolute atomic E-state index is 0.796. The topological polar surface area (TPSA) is 51.5 Å². The molecule has 0 aliphatic carbocycles. The van der Waals surface area contributed by atoms with Gasteiger partial charge in [-0.25, -0.2) is 4.98 Å². The van der Waals surface area contributed by atoms with Crippen molar-refractivity contribution in [3.8, 4) is 5.75 Å². The zero-order valence-corrected chi connectivity index (χ0v) is 13.9. The Balaban J connectivity index is 1.87. The van der Waals surface area contributed by atoms with Gasteiger partial charge >= 0.3 is 0 Å². The van der Waals surface area contributed by atoms with E-state index in [0.717, 1.165) is 33.8 Å². The number of imidazole rings is 1. The lowest BCUT2D eigenvalue weighted by Gasteiger charge is -2.11. The second kappa shape index (κ2) is 5.53. The fourth-order valence-corrected chi connectivity index (χ4v) is 2.96. The molecule has 5 heteroatoms. The third-order valence-corrected chi connectivity index (χ3v) is 4.30. The number of hydrogen-bond donors (Lipinski definition) is 1. The van der Waals surface area contributed by atoms with Crippen LogP contribution < -0.4 is 10.1 Å². The van der Waals surface area contributed by atoms with Gasteiger partial charge in [0.05, 0.1) is 24.3 Å². The second-order valence-electron chi connectivity index (χ2n) is 5.85. The Hall–Kier alpha value is -3.08. The van der Waals surface area contributed by atoms with Gasteiger partial charge < -0.3 is 10.1 Å².